The fraction of sp³-hybridized carbons (Fsp3) is 0.0476. The van der Waals surface area contributed by atoms with E-state index in [0.29, 0.717) is 4.68 Å². The van der Waals surface area contributed by atoms with Crippen LogP contribution in [0.25, 0.3) is 39.6 Å². The second-order valence-electron chi connectivity index (χ2n) is 6.72. The fourth-order valence-corrected chi connectivity index (χ4v) is 3.66. The van der Waals surface area contributed by atoms with Gasteiger partial charge in [0.2, 0.25) is 0 Å². The van der Waals surface area contributed by atoms with E-state index in [4.69, 9.17) is 20.5 Å². The highest BCUT2D eigenvalue weighted by Gasteiger charge is 2.41. The van der Waals surface area contributed by atoms with Crippen molar-refractivity contribution in [3.63, 3.8) is 0 Å². The van der Waals surface area contributed by atoms with Crippen LogP contribution < -0.4 is 0 Å². The third-order valence-corrected chi connectivity index (χ3v) is 5.07. The van der Waals surface area contributed by atoms with Gasteiger partial charge in [-0.15, -0.1) is 0 Å². The first-order valence-corrected chi connectivity index (χ1v) is 9.63. The quantitative estimate of drug-likeness (QED) is 0.294. The summed E-state index contributed by atoms with van der Waals surface area (Å²) in [5.74, 6) is -1.08. The molecule has 0 aliphatic rings. The molecule has 0 spiro atoms. The van der Waals surface area contributed by atoms with Gasteiger partial charge in [-0.2, -0.15) is 18.3 Å². The molecule has 0 radical (unpaired) electrons. The number of alkyl halides is 3. The zero-order valence-corrected chi connectivity index (χ0v) is 17.0. The summed E-state index contributed by atoms with van der Waals surface area (Å²) in [7, 11) is 0. The van der Waals surface area contributed by atoms with E-state index in [9.17, 15) is 17.6 Å². The molecule has 4 aromatic heterocycles. The average Bonchev–Trinajstić information content (AvgIpc) is 3.52. The second-order valence-corrected chi connectivity index (χ2v) is 7.13. The molecule has 4 heterocycles. The Kier molecular flexibility index (Phi) is 4.97. The fourth-order valence-electron chi connectivity index (χ4n) is 3.40. The summed E-state index contributed by atoms with van der Waals surface area (Å²) in [5, 5.41) is 7.73. The van der Waals surface area contributed by atoms with Gasteiger partial charge < -0.3 is 8.94 Å². The Morgan fingerprint density at radius 1 is 0.970 bits per heavy atom. The minimum absolute atomic E-state index is 0.00496. The van der Waals surface area contributed by atoms with Crippen molar-refractivity contribution in [2.75, 3.05) is 0 Å². The molecule has 0 unspecified atom stereocenters. The van der Waals surface area contributed by atoms with Crippen LogP contribution in [-0.2, 0) is 6.18 Å². The maximum Gasteiger partial charge on any atom is 0.434 e. The van der Waals surface area contributed by atoms with Crippen LogP contribution in [0.5, 0.6) is 0 Å². The first kappa shape index (κ1) is 20.9. The zero-order valence-electron chi connectivity index (χ0n) is 16.2. The molecule has 166 valence electrons. The summed E-state index contributed by atoms with van der Waals surface area (Å²) in [5.41, 5.74) is -1.79. The summed E-state index contributed by atoms with van der Waals surface area (Å²) >= 11 is 6.17. The van der Waals surface area contributed by atoms with Gasteiger partial charge in [0.05, 0.1) is 39.8 Å². The number of benzene rings is 1. The average molecular weight is 476 g/mol. The predicted octanol–water partition coefficient (Wildman–Crippen LogP) is 6.06. The maximum atomic E-state index is 14.6. The Morgan fingerprint density at radius 3 is 2.42 bits per heavy atom. The van der Waals surface area contributed by atoms with Gasteiger partial charge in [0, 0.05) is 12.4 Å². The van der Waals surface area contributed by atoms with Gasteiger partial charge in [-0.05, 0) is 24.3 Å². The monoisotopic (exact) mass is 475 g/mol. The number of oxazole rings is 1. The van der Waals surface area contributed by atoms with Gasteiger partial charge in [-0.1, -0.05) is 22.8 Å². The molecule has 1 aromatic carbocycles. The SMILES string of the molecule is Fc1cccc(Cl)c1-c1noc(-c2cnn(-c3ccncc3)c2C(F)(F)F)c1-c1cnco1. The van der Waals surface area contributed by atoms with Crippen molar-refractivity contribution in [3.05, 3.63) is 78.0 Å². The van der Waals surface area contributed by atoms with Gasteiger partial charge in [-0.3, -0.25) is 4.98 Å². The van der Waals surface area contributed by atoms with Gasteiger partial charge in [0.1, 0.15) is 11.5 Å². The van der Waals surface area contributed by atoms with Crippen LogP contribution in [0.3, 0.4) is 0 Å². The molecule has 0 atom stereocenters. The summed E-state index contributed by atoms with van der Waals surface area (Å²) < 4.78 is 68.6. The molecule has 0 saturated heterocycles. The van der Waals surface area contributed by atoms with Crippen molar-refractivity contribution in [1.82, 2.24) is 24.9 Å². The van der Waals surface area contributed by atoms with Crippen molar-refractivity contribution in [2.24, 2.45) is 0 Å². The van der Waals surface area contributed by atoms with Gasteiger partial charge in [0.15, 0.2) is 23.6 Å². The smallest absolute Gasteiger partial charge is 0.434 e. The minimum atomic E-state index is -4.84. The van der Waals surface area contributed by atoms with Gasteiger partial charge in [0.25, 0.3) is 0 Å². The highest BCUT2D eigenvalue weighted by Crippen LogP contribution is 2.46. The number of rotatable bonds is 4. The molecule has 0 aliphatic heterocycles. The summed E-state index contributed by atoms with van der Waals surface area (Å²) in [6.07, 6.45) is 1.14. The number of hydrogen-bond acceptors (Lipinski definition) is 6. The van der Waals surface area contributed by atoms with Crippen molar-refractivity contribution >= 4 is 11.6 Å². The van der Waals surface area contributed by atoms with Crippen molar-refractivity contribution in [1.29, 1.82) is 0 Å². The molecular weight excluding hydrogens is 466 g/mol. The Labute approximate surface area is 187 Å². The number of nitrogens with zero attached hydrogens (tertiary/aromatic N) is 5. The molecule has 12 heteroatoms. The summed E-state index contributed by atoms with van der Waals surface area (Å²) in [6.45, 7) is 0. The van der Waals surface area contributed by atoms with E-state index in [1.54, 1.807) is 0 Å². The Morgan fingerprint density at radius 2 is 1.76 bits per heavy atom. The van der Waals surface area contributed by atoms with Crippen molar-refractivity contribution in [2.45, 2.75) is 6.18 Å². The van der Waals surface area contributed by atoms with E-state index in [1.165, 1.54) is 42.9 Å². The highest BCUT2D eigenvalue weighted by atomic mass is 35.5. The highest BCUT2D eigenvalue weighted by molar-refractivity contribution is 6.33. The Bertz CT molecular complexity index is 1410. The third kappa shape index (κ3) is 3.55. The van der Waals surface area contributed by atoms with Crippen LogP contribution in [0.1, 0.15) is 5.69 Å². The van der Waals surface area contributed by atoms with Crippen molar-refractivity contribution in [3.8, 4) is 39.6 Å². The minimum Gasteiger partial charge on any atom is -0.443 e. The third-order valence-electron chi connectivity index (χ3n) is 4.76. The van der Waals surface area contributed by atoms with Crippen LogP contribution >= 0.6 is 11.6 Å². The predicted molar refractivity (Wildman–Crippen MR) is 108 cm³/mol. The lowest BCUT2D eigenvalue weighted by Gasteiger charge is -2.12. The van der Waals surface area contributed by atoms with Crippen LogP contribution in [0.2, 0.25) is 5.02 Å². The van der Waals surface area contributed by atoms with E-state index in [1.807, 2.05) is 0 Å². The summed E-state index contributed by atoms with van der Waals surface area (Å²) in [4.78, 5) is 7.61. The Hall–Kier alpha value is -3.99. The molecule has 33 heavy (non-hydrogen) atoms. The van der Waals surface area contributed by atoms with E-state index < -0.39 is 23.3 Å². The normalized spacial score (nSPS) is 11.8. The number of hydrogen-bond donors (Lipinski definition) is 0. The molecule has 0 amide bonds. The molecular formula is C21H10ClF4N5O2. The molecule has 0 bridgehead atoms. The number of pyridine rings is 1. The van der Waals surface area contributed by atoms with Crippen LogP contribution in [0.15, 0.2) is 70.5 Å². The lowest BCUT2D eigenvalue weighted by molar-refractivity contribution is -0.142. The van der Waals surface area contributed by atoms with E-state index >= 15 is 0 Å². The Balaban J connectivity index is 1.80. The van der Waals surface area contributed by atoms with Gasteiger partial charge >= 0.3 is 6.18 Å². The van der Waals surface area contributed by atoms with E-state index in [0.717, 1.165) is 18.7 Å². The summed E-state index contributed by atoms with van der Waals surface area (Å²) in [6, 6.07) is 6.68. The van der Waals surface area contributed by atoms with Crippen LogP contribution in [-0.4, -0.2) is 24.9 Å². The number of aromatic nitrogens is 5. The molecule has 7 nitrogen and oxygen atoms in total. The van der Waals surface area contributed by atoms with Crippen molar-refractivity contribution < 1.29 is 26.5 Å². The lowest BCUT2D eigenvalue weighted by atomic mass is 10.0. The molecule has 0 saturated carbocycles. The van der Waals surface area contributed by atoms with Crippen LogP contribution in [0.4, 0.5) is 17.6 Å². The van der Waals surface area contributed by atoms with E-state index in [2.05, 4.69) is 20.2 Å². The first-order valence-electron chi connectivity index (χ1n) is 9.25. The lowest BCUT2D eigenvalue weighted by Crippen LogP contribution is -2.14. The number of halogens is 5. The largest absolute Gasteiger partial charge is 0.443 e. The topological polar surface area (TPSA) is 82.8 Å². The molecule has 0 aliphatic carbocycles. The molecule has 0 N–H and O–H groups in total. The maximum absolute atomic E-state index is 14.6. The molecule has 5 rings (SSSR count). The van der Waals surface area contributed by atoms with Crippen LogP contribution in [0, 0.1) is 5.82 Å². The molecule has 5 aromatic rings. The molecule has 0 fully saturated rings. The zero-order chi connectivity index (χ0) is 23.2. The standard InChI is InChI=1S/C21H10ClF4N5O2/c22-13-2-1-3-14(23)16(13)18-17(15-9-28-10-32-15)19(33-30-18)12-8-29-31(20(12)21(24,25)26)11-4-6-27-7-5-11/h1-10H. The van der Waals surface area contributed by atoms with E-state index in [-0.39, 0.29) is 39.1 Å². The first-order chi connectivity index (χ1) is 15.9. The van der Waals surface area contributed by atoms with Gasteiger partial charge in [-0.25, -0.2) is 14.1 Å². The second kappa shape index (κ2) is 7.85.